The van der Waals surface area contributed by atoms with E-state index in [0.717, 1.165) is 17.7 Å². The van der Waals surface area contributed by atoms with Crippen molar-refractivity contribution >= 4 is 17.6 Å². The molecule has 4 nitrogen and oxygen atoms in total. The van der Waals surface area contributed by atoms with Gasteiger partial charge in [0, 0.05) is 19.0 Å². The van der Waals surface area contributed by atoms with Gasteiger partial charge in [-0.3, -0.25) is 4.79 Å². The summed E-state index contributed by atoms with van der Waals surface area (Å²) in [6.45, 7) is 0.703. The van der Waals surface area contributed by atoms with Crippen molar-refractivity contribution in [3.05, 3.63) is 30.1 Å². The van der Waals surface area contributed by atoms with Crippen molar-refractivity contribution in [1.29, 1.82) is 0 Å². The van der Waals surface area contributed by atoms with E-state index in [9.17, 15) is 14.0 Å². The number of benzene rings is 1. The van der Waals surface area contributed by atoms with Crippen LogP contribution in [0.1, 0.15) is 19.3 Å². The maximum absolute atomic E-state index is 12.9. The highest BCUT2D eigenvalue weighted by molar-refractivity contribution is 6.16. The Labute approximate surface area is 104 Å². The van der Waals surface area contributed by atoms with E-state index in [1.165, 1.54) is 24.3 Å². The Hall–Kier alpha value is -1.91. The highest BCUT2D eigenvalue weighted by Crippen LogP contribution is 2.30. The average molecular weight is 248 g/mol. The molecule has 3 amide bonds. The SMILES string of the molecule is O=C1CC2CCCN2C(=O)N1c1ccc(F)cc1. The number of rotatable bonds is 1. The Bertz CT molecular complexity index is 500. The summed E-state index contributed by atoms with van der Waals surface area (Å²) >= 11 is 0. The molecule has 0 radical (unpaired) electrons. The standard InChI is InChI=1S/C13H13FN2O2/c14-9-3-5-10(6-4-9)16-12(17)8-11-2-1-7-15(11)13(16)18/h3-6,11H,1-2,7-8H2. The Morgan fingerprint density at radius 2 is 1.89 bits per heavy atom. The van der Waals surface area contributed by atoms with Crippen LogP contribution in [0.25, 0.3) is 0 Å². The van der Waals surface area contributed by atoms with Crippen LogP contribution in [-0.4, -0.2) is 29.4 Å². The minimum absolute atomic E-state index is 0.0571. The molecule has 2 aliphatic heterocycles. The van der Waals surface area contributed by atoms with E-state index in [0.29, 0.717) is 18.7 Å². The fraction of sp³-hybridized carbons (Fsp3) is 0.385. The number of urea groups is 1. The van der Waals surface area contributed by atoms with Crippen LogP contribution in [0.4, 0.5) is 14.9 Å². The molecule has 1 atom stereocenters. The molecule has 2 saturated heterocycles. The zero-order chi connectivity index (χ0) is 12.7. The molecule has 0 bridgehead atoms. The van der Waals surface area contributed by atoms with Crippen LogP contribution in [-0.2, 0) is 4.79 Å². The van der Waals surface area contributed by atoms with Crippen molar-refractivity contribution in [2.75, 3.05) is 11.4 Å². The van der Waals surface area contributed by atoms with Gasteiger partial charge in [-0.2, -0.15) is 0 Å². The Morgan fingerprint density at radius 3 is 2.61 bits per heavy atom. The lowest BCUT2D eigenvalue weighted by Crippen LogP contribution is -2.54. The molecule has 18 heavy (non-hydrogen) atoms. The third-order valence-electron chi connectivity index (χ3n) is 3.56. The fourth-order valence-electron chi connectivity index (χ4n) is 2.67. The van der Waals surface area contributed by atoms with Crippen molar-refractivity contribution < 1.29 is 14.0 Å². The molecule has 2 aliphatic rings. The normalized spacial score (nSPS) is 23.5. The second-order valence-electron chi connectivity index (χ2n) is 4.68. The molecule has 1 aromatic rings. The van der Waals surface area contributed by atoms with Gasteiger partial charge in [0.15, 0.2) is 0 Å². The first-order valence-electron chi connectivity index (χ1n) is 6.06. The summed E-state index contributed by atoms with van der Waals surface area (Å²) in [5.41, 5.74) is 0.441. The number of carbonyl (C=O) groups is 2. The zero-order valence-electron chi connectivity index (χ0n) is 9.80. The van der Waals surface area contributed by atoms with Crippen LogP contribution >= 0.6 is 0 Å². The van der Waals surface area contributed by atoms with Gasteiger partial charge in [-0.25, -0.2) is 14.1 Å². The molecular weight excluding hydrogens is 235 g/mol. The Balaban J connectivity index is 1.93. The van der Waals surface area contributed by atoms with E-state index >= 15 is 0 Å². The van der Waals surface area contributed by atoms with Crippen LogP contribution in [0, 0.1) is 5.82 Å². The first-order chi connectivity index (χ1) is 8.66. The number of carbonyl (C=O) groups excluding carboxylic acids is 2. The number of imide groups is 1. The monoisotopic (exact) mass is 248 g/mol. The topological polar surface area (TPSA) is 40.6 Å². The lowest BCUT2D eigenvalue weighted by atomic mass is 10.1. The van der Waals surface area contributed by atoms with Crippen molar-refractivity contribution in [1.82, 2.24) is 4.90 Å². The van der Waals surface area contributed by atoms with Gasteiger partial charge >= 0.3 is 6.03 Å². The number of halogens is 1. The van der Waals surface area contributed by atoms with Crippen LogP contribution in [0.3, 0.4) is 0 Å². The van der Waals surface area contributed by atoms with Gasteiger partial charge in [0.1, 0.15) is 5.82 Å². The maximum Gasteiger partial charge on any atom is 0.331 e. The molecule has 0 aromatic heterocycles. The van der Waals surface area contributed by atoms with Crippen LogP contribution < -0.4 is 4.90 Å². The number of nitrogens with zero attached hydrogens (tertiary/aromatic N) is 2. The highest BCUT2D eigenvalue weighted by Gasteiger charge is 2.41. The molecule has 1 aromatic carbocycles. The lowest BCUT2D eigenvalue weighted by Gasteiger charge is -2.36. The Kier molecular flexibility index (Phi) is 2.54. The molecule has 3 rings (SSSR count). The molecule has 94 valence electrons. The van der Waals surface area contributed by atoms with Gasteiger partial charge in [0.25, 0.3) is 0 Å². The van der Waals surface area contributed by atoms with Crippen molar-refractivity contribution in [2.24, 2.45) is 0 Å². The summed E-state index contributed by atoms with van der Waals surface area (Å²) in [7, 11) is 0. The van der Waals surface area contributed by atoms with E-state index in [-0.39, 0.29) is 23.8 Å². The fourth-order valence-corrected chi connectivity index (χ4v) is 2.67. The van der Waals surface area contributed by atoms with E-state index in [2.05, 4.69) is 0 Å². The second-order valence-corrected chi connectivity index (χ2v) is 4.68. The molecular formula is C13H13FN2O2. The van der Waals surface area contributed by atoms with Gasteiger partial charge in [0.2, 0.25) is 5.91 Å². The zero-order valence-corrected chi connectivity index (χ0v) is 9.80. The number of anilines is 1. The van der Waals surface area contributed by atoms with E-state index < -0.39 is 0 Å². The van der Waals surface area contributed by atoms with E-state index in [4.69, 9.17) is 0 Å². The quantitative estimate of drug-likeness (QED) is 0.764. The van der Waals surface area contributed by atoms with Gasteiger partial charge in [0.05, 0.1) is 5.69 Å². The smallest absolute Gasteiger partial charge is 0.320 e. The van der Waals surface area contributed by atoms with Crippen molar-refractivity contribution in [3.8, 4) is 0 Å². The van der Waals surface area contributed by atoms with Gasteiger partial charge in [-0.15, -0.1) is 0 Å². The average Bonchev–Trinajstić information content (AvgIpc) is 2.80. The van der Waals surface area contributed by atoms with Crippen LogP contribution in [0.2, 0.25) is 0 Å². The third kappa shape index (κ3) is 1.66. The first kappa shape index (κ1) is 11.2. The summed E-state index contributed by atoms with van der Waals surface area (Å²) in [5, 5.41) is 0. The van der Waals surface area contributed by atoms with Gasteiger partial charge in [-0.05, 0) is 37.1 Å². The molecule has 0 saturated carbocycles. The summed E-state index contributed by atoms with van der Waals surface area (Å²) in [4.78, 5) is 27.2. The third-order valence-corrected chi connectivity index (χ3v) is 3.56. The minimum atomic E-state index is -0.380. The molecule has 0 N–H and O–H groups in total. The summed E-state index contributed by atoms with van der Waals surface area (Å²) in [5.74, 6) is -0.579. The number of hydrogen-bond acceptors (Lipinski definition) is 2. The van der Waals surface area contributed by atoms with E-state index in [1.807, 2.05) is 0 Å². The number of amides is 3. The summed E-state index contributed by atoms with van der Waals surface area (Å²) < 4.78 is 12.9. The van der Waals surface area contributed by atoms with Gasteiger partial charge < -0.3 is 4.90 Å². The minimum Gasteiger partial charge on any atom is -0.320 e. The summed E-state index contributed by atoms with van der Waals surface area (Å²) in [6, 6.07) is 5.21. The molecule has 2 fully saturated rings. The van der Waals surface area contributed by atoms with E-state index in [1.54, 1.807) is 4.90 Å². The Morgan fingerprint density at radius 1 is 1.17 bits per heavy atom. The number of fused-ring (bicyclic) bond motifs is 1. The summed E-state index contributed by atoms with van der Waals surface area (Å²) in [6.07, 6.45) is 2.21. The predicted molar refractivity (Wildman–Crippen MR) is 63.6 cm³/mol. The van der Waals surface area contributed by atoms with Gasteiger partial charge in [-0.1, -0.05) is 0 Å². The van der Waals surface area contributed by atoms with Crippen molar-refractivity contribution in [2.45, 2.75) is 25.3 Å². The van der Waals surface area contributed by atoms with Crippen LogP contribution in [0.15, 0.2) is 24.3 Å². The molecule has 5 heteroatoms. The largest absolute Gasteiger partial charge is 0.331 e. The predicted octanol–water partition coefficient (Wildman–Crippen LogP) is 2.15. The number of hydrogen-bond donors (Lipinski definition) is 0. The lowest BCUT2D eigenvalue weighted by molar-refractivity contribution is -0.119. The maximum atomic E-state index is 12.9. The molecule has 2 heterocycles. The first-order valence-corrected chi connectivity index (χ1v) is 6.06. The second kappa shape index (κ2) is 4.08. The molecule has 0 aliphatic carbocycles. The molecule has 1 unspecified atom stereocenters. The van der Waals surface area contributed by atoms with Crippen LogP contribution in [0.5, 0.6) is 0 Å². The highest BCUT2D eigenvalue weighted by atomic mass is 19.1. The van der Waals surface area contributed by atoms with Crippen molar-refractivity contribution in [3.63, 3.8) is 0 Å². The molecule has 0 spiro atoms.